The highest BCUT2D eigenvalue weighted by Crippen LogP contribution is 2.25. The number of H-pyrrole nitrogens is 1. The third kappa shape index (κ3) is 5.53. The second kappa shape index (κ2) is 9.36. The molecule has 0 atom stereocenters. The molecule has 4 rings (SSSR count). The summed E-state index contributed by atoms with van der Waals surface area (Å²) < 4.78 is 0. The third-order valence-electron chi connectivity index (χ3n) is 4.51. The number of hydrogen-bond donors (Lipinski definition) is 3. The lowest BCUT2D eigenvalue weighted by Gasteiger charge is -2.01. The van der Waals surface area contributed by atoms with E-state index in [0.29, 0.717) is 28.3 Å². The van der Waals surface area contributed by atoms with Crippen molar-refractivity contribution < 1.29 is 9.59 Å². The number of hydrogen-bond acceptors (Lipinski definition) is 7. The first-order valence-electron chi connectivity index (χ1n) is 9.89. The summed E-state index contributed by atoms with van der Waals surface area (Å²) in [5, 5.41) is 8.43. The van der Waals surface area contributed by atoms with Crippen LogP contribution in [0.15, 0.2) is 35.8 Å². The second-order valence-electron chi connectivity index (χ2n) is 7.34. The Balaban J connectivity index is 1.25. The zero-order valence-electron chi connectivity index (χ0n) is 17.1. The van der Waals surface area contributed by atoms with Gasteiger partial charge >= 0.3 is 0 Å². The molecule has 10 heteroatoms. The minimum Gasteiger partial charge on any atom is -0.342 e. The summed E-state index contributed by atoms with van der Waals surface area (Å²) in [6, 6.07) is 7.76. The van der Waals surface area contributed by atoms with E-state index in [1.807, 2.05) is 24.3 Å². The van der Waals surface area contributed by atoms with Gasteiger partial charge in [0.1, 0.15) is 5.82 Å². The summed E-state index contributed by atoms with van der Waals surface area (Å²) in [6.45, 7) is 4.17. The molecule has 0 saturated heterocycles. The van der Waals surface area contributed by atoms with E-state index in [9.17, 15) is 9.59 Å². The Kier molecular flexibility index (Phi) is 6.38. The minimum absolute atomic E-state index is 0.127. The Morgan fingerprint density at radius 1 is 1.10 bits per heavy atom. The van der Waals surface area contributed by atoms with Gasteiger partial charge in [0.2, 0.25) is 11.8 Å². The number of imidazole rings is 1. The first-order valence-corrected chi connectivity index (χ1v) is 11.6. The average Bonchev–Trinajstić information content (AvgIpc) is 3.46. The van der Waals surface area contributed by atoms with Crippen molar-refractivity contribution in [1.29, 1.82) is 0 Å². The van der Waals surface area contributed by atoms with E-state index in [4.69, 9.17) is 0 Å². The monoisotopic (exact) mass is 454 g/mol. The summed E-state index contributed by atoms with van der Waals surface area (Å²) in [6.07, 6.45) is 2.71. The maximum absolute atomic E-state index is 12.3. The van der Waals surface area contributed by atoms with Crippen LogP contribution in [0.5, 0.6) is 0 Å². The lowest BCUT2D eigenvalue weighted by Crippen LogP contribution is -2.15. The Labute approximate surface area is 187 Å². The number of amides is 2. The maximum atomic E-state index is 12.3. The largest absolute Gasteiger partial charge is 0.342 e. The van der Waals surface area contributed by atoms with E-state index in [1.165, 1.54) is 22.7 Å². The number of benzene rings is 1. The number of thiazole rings is 2. The van der Waals surface area contributed by atoms with Crippen LogP contribution in [0.1, 0.15) is 42.6 Å². The van der Waals surface area contributed by atoms with Crippen LogP contribution in [-0.4, -0.2) is 31.8 Å². The normalized spacial score (nSPS) is 11.2. The molecular weight excluding hydrogens is 432 g/mol. The molecule has 0 radical (unpaired) electrons. The van der Waals surface area contributed by atoms with Crippen LogP contribution in [0.3, 0.4) is 0 Å². The Hall–Kier alpha value is -3.11. The Morgan fingerprint density at radius 3 is 2.68 bits per heavy atom. The number of carbonyl (C=O) groups is 2. The van der Waals surface area contributed by atoms with Crippen molar-refractivity contribution in [2.75, 3.05) is 10.6 Å². The van der Waals surface area contributed by atoms with Gasteiger partial charge in [-0.2, -0.15) is 0 Å². The molecule has 3 heterocycles. The van der Waals surface area contributed by atoms with Crippen LogP contribution in [0.2, 0.25) is 0 Å². The molecular formula is C21H22N6O2S2. The zero-order valence-corrected chi connectivity index (χ0v) is 18.8. The lowest BCUT2D eigenvalue weighted by atomic mass is 10.2. The van der Waals surface area contributed by atoms with Crippen LogP contribution >= 0.6 is 22.7 Å². The summed E-state index contributed by atoms with van der Waals surface area (Å²) in [5.41, 5.74) is 2.45. The average molecular weight is 455 g/mol. The fourth-order valence-corrected chi connectivity index (χ4v) is 4.48. The van der Waals surface area contributed by atoms with E-state index < -0.39 is 0 Å². The van der Waals surface area contributed by atoms with Gasteiger partial charge in [-0.15, -0.1) is 22.7 Å². The predicted octanol–water partition coefficient (Wildman–Crippen LogP) is 4.35. The number of anilines is 2. The molecule has 2 amide bonds. The SMILES string of the molecule is CC(C)c1cnc(NC(=O)Cc2csc(NC(=O)CCc3nc4ccccc4[nH]3)n2)s1. The van der Waals surface area contributed by atoms with Crippen LogP contribution in [0.25, 0.3) is 11.0 Å². The topological polar surface area (TPSA) is 113 Å². The molecule has 0 unspecified atom stereocenters. The van der Waals surface area contributed by atoms with E-state index in [2.05, 4.69) is 44.4 Å². The van der Waals surface area contributed by atoms with Crippen molar-refractivity contribution in [2.24, 2.45) is 0 Å². The van der Waals surface area contributed by atoms with Crippen molar-refractivity contribution in [3.05, 3.63) is 52.2 Å². The molecule has 0 bridgehead atoms. The fraction of sp³-hybridized carbons (Fsp3) is 0.286. The van der Waals surface area contributed by atoms with Gasteiger partial charge < -0.3 is 15.6 Å². The first kappa shape index (κ1) is 21.1. The highest BCUT2D eigenvalue weighted by Gasteiger charge is 2.13. The number of aryl methyl sites for hydroxylation is 1. The predicted molar refractivity (Wildman–Crippen MR) is 124 cm³/mol. The number of nitrogens with zero attached hydrogens (tertiary/aromatic N) is 3. The summed E-state index contributed by atoms with van der Waals surface area (Å²) in [4.78, 5) is 41.9. The van der Waals surface area contributed by atoms with Crippen LogP contribution in [0.4, 0.5) is 10.3 Å². The fourth-order valence-electron chi connectivity index (χ4n) is 2.92. The van der Waals surface area contributed by atoms with Crippen molar-refractivity contribution >= 4 is 55.8 Å². The standard InChI is InChI=1S/C21H22N6O2S2/c1-12(2)16-10-22-20(31-16)27-19(29)9-13-11-30-21(23-13)26-18(28)8-7-17-24-14-5-3-4-6-15(14)25-17/h3-6,10-12H,7-9H2,1-2H3,(H,24,25)(H,22,27,29)(H,23,26,28). The van der Waals surface area contributed by atoms with Crippen LogP contribution in [-0.2, 0) is 22.4 Å². The molecule has 31 heavy (non-hydrogen) atoms. The molecule has 0 fully saturated rings. The molecule has 0 saturated carbocycles. The molecule has 8 nitrogen and oxygen atoms in total. The van der Waals surface area contributed by atoms with Crippen molar-refractivity contribution in [3.8, 4) is 0 Å². The number of carbonyl (C=O) groups excluding carboxylic acids is 2. The van der Waals surface area contributed by atoms with E-state index >= 15 is 0 Å². The van der Waals surface area contributed by atoms with Gasteiger partial charge in [0.05, 0.1) is 23.1 Å². The smallest absolute Gasteiger partial charge is 0.232 e. The zero-order chi connectivity index (χ0) is 21.8. The van der Waals surface area contributed by atoms with Gasteiger partial charge in [-0.25, -0.2) is 15.0 Å². The van der Waals surface area contributed by atoms with Crippen molar-refractivity contribution in [2.45, 2.75) is 39.0 Å². The van der Waals surface area contributed by atoms with Crippen LogP contribution in [0, 0.1) is 0 Å². The van der Waals surface area contributed by atoms with E-state index in [0.717, 1.165) is 21.7 Å². The molecule has 3 N–H and O–H groups in total. The summed E-state index contributed by atoms with van der Waals surface area (Å²) >= 11 is 2.77. The van der Waals surface area contributed by atoms with E-state index in [1.54, 1.807) is 11.6 Å². The van der Waals surface area contributed by atoms with Crippen molar-refractivity contribution in [1.82, 2.24) is 19.9 Å². The minimum atomic E-state index is -0.183. The number of fused-ring (bicyclic) bond motifs is 1. The highest BCUT2D eigenvalue weighted by atomic mass is 32.1. The van der Waals surface area contributed by atoms with Gasteiger partial charge in [0.15, 0.2) is 10.3 Å². The molecule has 0 aliphatic rings. The Bertz CT molecular complexity index is 1180. The first-order chi connectivity index (χ1) is 15.0. The molecule has 0 spiro atoms. The molecule has 0 aliphatic heterocycles. The van der Waals surface area contributed by atoms with Crippen LogP contribution < -0.4 is 10.6 Å². The quantitative estimate of drug-likeness (QED) is 0.366. The number of aromatic nitrogens is 4. The van der Waals surface area contributed by atoms with Gasteiger partial charge in [-0.3, -0.25) is 9.59 Å². The molecule has 3 aromatic heterocycles. The number of aromatic amines is 1. The maximum Gasteiger partial charge on any atom is 0.232 e. The summed E-state index contributed by atoms with van der Waals surface area (Å²) in [5.74, 6) is 0.822. The number of para-hydroxylation sites is 2. The summed E-state index contributed by atoms with van der Waals surface area (Å²) in [7, 11) is 0. The molecule has 160 valence electrons. The van der Waals surface area contributed by atoms with Gasteiger partial charge in [-0.1, -0.05) is 26.0 Å². The number of rotatable bonds is 8. The van der Waals surface area contributed by atoms with Gasteiger partial charge in [0, 0.05) is 29.3 Å². The Morgan fingerprint density at radius 2 is 1.90 bits per heavy atom. The van der Waals surface area contributed by atoms with Gasteiger partial charge in [-0.05, 0) is 18.1 Å². The molecule has 0 aliphatic carbocycles. The second-order valence-corrected chi connectivity index (χ2v) is 9.26. The third-order valence-corrected chi connectivity index (χ3v) is 6.53. The molecule has 1 aromatic carbocycles. The lowest BCUT2D eigenvalue weighted by molar-refractivity contribution is -0.116. The van der Waals surface area contributed by atoms with Crippen molar-refractivity contribution in [3.63, 3.8) is 0 Å². The number of nitrogens with one attached hydrogen (secondary N) is 3. The highest BCUT2D eigenvalue weighted by molar-refractivity contribution is 7.15. The van der Waals surface area contributed by atoms with E-state index in [-0.39, 0.29) is 24.7 Å². The molecule has 4 aromatic rings. The van der Waals surface area contributed by atoms with Gasteiger partial charge in [0.25, 0.3) is 0 Å².